The van der Waals surface area contributed by atoms with E-state index in [-0.39, 0.29) is 11.7 Å². The molecule has 126 valence electrons. The summed E-state index contributed by atoms with van der Waals surface area (Å²) in [5, 5.41) is 23.3. The Morgan fingerprint density at radius 3 is 2.83 bits per heavy atom. The topological polar surface area (TPSA) is 85.6 Å². The molecular weight excluding hydrogens is 364 g/mol. The van der Waals surface area contributed by atoms with Gasteiger partial charge >= 0.3 is 0 Å². The number of rotatable bonds is 6. The monoisotopic (exact) mass is 380 g/mol. The highest BCUT2D eigenvalue weighted by molar-refractivity contribution is 7.99. The lowest BCUT2D eigenvalue weighted by molar-refractivity contribution is -0.113. The maximum Gasteiger partial charge on any atom is 0.236 e. The number of thioether (sulfide) groups is 1. The molecule has 0 saturated heterocycles. The van der Waals surface area contributed by atoms with Crippen LogP contribution in [0.1, 0.15) is 16.8 Å². The summed E-state index contributed by atoms with van der Waals surface area (Å²) in [5.41, 5.74) is 1.05. The van der Waals surface area contributed by atoms with Gasteiger partial charge in [0.05, 0.1) is 5.75 Å². The molecule has 3 aromatic heterocycles. The van der Waals surface area contributed by atoms with E-state index in [0.717, 1.165) is 22.8 Å². The Balaban J connectivity index is 1.60. The van der Waals surface area contributed by atoms with Crippen LogP contribution in [0.3, 0.4) is 0 Å². The van der Waals surface area contributed by atoms with Gasteiger partial charge < -0.3 is 4.57 Å². The van der Waals surface area contributed by atoms with Crippen LogP contribution in [0.4, 0.5) is 5.13 Å². The first-order valence-corrected chi connectivity index (χ1v) is 9.95. The number of carbonyl (C=O) groups excluding carboxylic acids is 1. The van der Waals surface area contributed by atoms with Crippen molar-refractivity contribution in [2.45, 2.75) is 25.4 Å². The Hall–Kier alpha value is -1.78. The van der Waals surface area contributed by atoms with Crippen LogP contribution in [0.25, 0.3) is 11.4 Å². The molecule has 0 aliphatic rings. The fraction of sp³-hybridized carbons (Fsp3) is 0.357. The van der Waals surface area contributed by atoms with Gasteiger partial charge in [-0.2, -0.15) is 0 Å². The minimum atomic E-state index is -0.130. The van der Waals surface area contributed by atoms with Gasteiger partial charge in [0.25, 0.3) is 0 Å². The Bertz CT molecular complexity index is 852. The maximum atomic E-state index is 12.0. The summed E-state index contributed by atoms with van der Waals surface area (Å²) in [6.45, 7) is 4.06. The summed E-state index contributed by atoms with van der Waals surface area (Å²) in [5.74, 6) is 0.920. The summed E-state index contributed by atoms with van der Waals surface area (Å²) in [4.78, 5) is 13.3. The van der Waals surface area contributed by atoms with E-state index in [4.69, 9.17) is 0 Å². The van der Waals surface area contributed by atoms with E-state index in [0.29, 0.717) is 10.3 Å². The van der Waals surface area contributed by atoms with E-state index in [1.807, 2.05) is 18.5 Å². The summed E-state index contributed by atoms with van der Waals surface area (Å²) in [6.07, 6.45) is 0.812. The van der Waals surface area contributed by atoms with Crippen LogP contribution in [0.5, 0.6) is 0 Å². The number of hydrogen-bond donors (Lipinski definition) is 1. The molecule has 10 heteroatoms. The van der Waals surface area contributed by atoms with Gasteiger partial charge in [-0.05, 0) is 19.4 Å². The molecule has 7 nitrogen and oxygen atoms in total. The van der Waals surface area contributed by atoms with Crippen LogP contribution in [0, 0.1) is 6.92 Å². The van der Waals surface area contributed by atoms with Crippen molar-refractivity contribution < 1.29 is 4.79 Å². The highest BCUT2D eigenvalue weighted by atomic mass is 32.2. The predicted molar refractivity (Wildman–Crippen MR) is 97.7 cm³/mol. The van der Waals surface area contributed by atoms with Crippen LogP contribution >= 0.6 is 34.4 Å². The van der Waals surface area contributed by atoms with Crippen molar-refractivity contribution in [1.29, 1.82) is 0 Å². The summed E-state index contributed by atoms with van der Waals surface area (Å²) < 4.78 is 1.90. The van der Waals surface area contributed by atoms with Gasteiger partial charge in [-0.25, -0.2) is 0 Å². The minimum absolute atomic E-state index is 0.130. The highest BCUT2D eigenvalue weighted by Crippen LogP contribution is 2.26. The normalized spacial score (nSPS) is 11.0. The molecule has 0 aromatic carbocycles. The van der Waals surface area contributed by atoms with Crippen molar-refractivity contribution in [3.8, 4) is 11.4 Å². The summed E-state index contributed by atoms with van der Waals surface area (Å²) in [7, 11) is 1.90. The van der Waals surface area contributed by atoms with Gasteiger partial charge in [0.15, 0.2) is 11.0 Å². The van der Waals surface area contributed by atoms with Gasteiger partial charge in [-0.1, -0.05) is 30.0 Å². The number of anilines is 1. The second-order valence-electron chi connectivity index (χ2n) is 5.00. The lowest BCUT2D eigenvalue weighted by atomic mass is 10.3. The van der Waals surface area contributed by atoms with Crippen molar-refractivity contribution in [2.24, 2.45) is 7.05 Å². The molecule has 0 unspecified atom stereocenters. The Kier molecular flexibility index (Phi) is 5.27. The SMILES string of the molecule is CCc1nnc(NC(=O)CSc2nnc(-c3csc(C)c3)n2C)s1. The van der Waals surface area contributed by atoms with Crippen molar-refractivity contribution in [2.75, 3.05) is 11.1 Å². The smallest absolute Gasteiger partial charge is 0.236 e. The zero-order valence-corrected chi connectivity index (χ0v) is 15.9. The molecule has 0 bridgehead atoms. The molecule has 1 amide bonds. The zero-order chi connectivity index (χ0) is 17.1. The summed E-state index contributed by atoms with van der Waals surface area (Å²) in [6, 6.07) is 2.08. The lowest BCUT2D eigenvalue weighted by Crippen LogP contribution is -2.14. The standard InChI is InChI=1S/C14H16N6OS3/c1-4-11-16-18-13(24-11)15-10(21)7-23-14-19-17-12(20(14)3)9-5-8(2)22-6-9/h5-6H,4,7H2,1-3H3,(H,15,18,21). The fourth-order valence-corrected chi connectivity index (χ4v) is 4.07. The Morgan fingerprint density at radius 1 is 1.33 bits per heavy atom. The van der Waals surface area contributed by atoms with E-state index in [1.54, 1.807) is 11.3 Å². The zero-order valence-electron chi connectivity index (χ0n) is 13.4. The maximum absolute atomic E-state index is 12.0. The van der Waals surface area contributed by atoms with Crippen molar-refractivity contribution >= 4 is 45.5 Å². The molecule has 0 atom stereocenters. The fourth-order valence-electron chi connectivity index (χ4n) is 1.99. The third kappa shape index (κ3) is 3.82. The molecule has 0 saturated carbocycles. The molecule has 0 aliphatic heterocycles. The van der Waals surface area contributed by atoms with Crippen LogP contribution < -0.4 is 5.32 Å². The average molecular weight is 381 g/mol. The predicted octanol–water partition coefficient (Wildman–Crippen LogP) is 3.00. The molecule has 0 aliphatic carbocycles. The first-order chi connectivity index (χ1) is 11.6. The van der Waals surface area contributed by atoms with E-state index in [2.05, 4.69) is 44.1 Å². The van der Waals surface area contributed by atoms with E-state index >= 15 is 0 Å². The van der Waals surface area contributed by atoms with Crippen LogP contribution in [-0.4, -0.2) is 36.6 Å². The van der Waals surface area contributed by atoms with E-state index < -0.39 is 0 Å². The second kappa shape index (κ2) is 7.41. The van der Waals surface area contributed by atoms with Crippen molar-refractivity contribution in [3.63, 3.8) is 0 Å². The molecule has 1 N–H and O–H groups in total. The average Bonchev–Trinajstić information content (AvgIpc) is 3.26. The van der Waals surface area contributed by atoms with Crippen LogP contribution in [0.15, 0.2) is 16.6 Å². The van der Waals surface area contributed by atoms with E-state index in [1.165, 1.54) is 28.0 Å². The summed E-state index contributed by atoms with van der Waals surface area (Å²) >= 11 is 4.42. The number of aromatic nitrogens is 5. The number of aryl methyl sites for hydroxylation is 2. The third-order valence-corrected chi connectivity index (χ3v) is 6.04. The molecule has 3 rings (SSSR count). The number of hydrogen-bond acceptors (Lipinski definition) is 8. The second-order valence-corrected chi connectivity index (χ2v) is 8.12. The largest absolute Gasteiger partial charge is 0.305 e. The number of nitrogens with one attached hydrogen (secondary N) is 1. The quantitative estimate of drug-likeness (QED) is 0.662. The van der Waals surface area contributed by atoms with Gasteiger partial charge in [0.1, 0.15) is 5.01 Å². The van der Waals surface area contributed by atoms with Crippen molar-refractivity contribution in [3.05, 3.63) is 21.3 Å². The number of thiophene rings is 1. The highest BCUT2D eigenvalue weighted by Gasteiger charge is 2.14. The third-order valence-electron chi connectivity index (χ3n) is 3.17. The Labute approximate surface area is 151 Å². The first-order valence-electron chi connectivity index (χ1n) is 7.26. The van der Waals surface area contributed by atoms with Crippen molar-refractivity contribution in [1.82, 2.24) is 25.0 Å². The van der Waals surface area contributed by atoms with Gasteiger partial charge in [0.2, 0.25) is 11.0 Å². The molecular formula is C14H16N6OS3. The molecule has 3 aromatic rings. The first kappa shape index (κ1) is 17.1. The van der Waals surface area contributed by atoms with Crippen LogP contribution in [-0.2, 0) is 18.3 Å². The molecule has 3 heterocycles. The van der Waals surface area contributed by atoms with Gasteiger partial charge in [0, 0.05) is 22.9 Å². The van der Waals surface area contributed by atoms with Crippen LogP contribution in [0.2, 0.25) is 0 Å². The number of nitrogens with zero attached hydrogens (tertiary/aromatic N) is 5. The molecule has 0 spiro atoms. The molecule has 0 fully saturated rings. The van der Waals surface area contributed by atoms with Gasteiger partial charge in [-0.15, -0.1) is 31.7 Å². The number of carbonyl (C=O) groups is 1. The Morgan fingerprint density at radius 2 is 2.17 bits per heavy atom. The molecule has 0 radical (unpaired) electrons. The number of amides is 1. The van der Waals surface area contributed by atoms with E-state index in [9.17, 15) is 4.79 Å². The lowest BCUT2D eigenvalue weighted by Gasteiger charge is -2.02. The molecule has 24 heavy (non-hydrogen) atoms. The minimum Gasteiger partial charge on any atom is -0.305 e. The van der Waals surface area contributed by atoms with Gasteiger partial charge in [-0.3, -0.25) is 10.1 Å².